The minimum Gasteiger partial charge on any atom is -0.383 e. The molecule has 0 saturated carbocycles. The molecule has 0 aromatic rings. The molecule has 1 aliphatic heterocycles. The van der Waals surface area contributed by atoms with E-state index in [0.29, 0.717) is 6.61 Å². The molecule has 15 heavy (non-hydrogen) atoms. The van der Waals surface area contributed by atoms with Gasteiger partial charge in [0.25, 0.3) is 0 Å². The van der Waals surface area contributed by atoms with Crippen LogP contribution in [-0.2, 0) is 9.47 Å². The molecule has 0 bridgehead atoms. The van der Waals surface area contributed by atoms with Crippen molar-refractivity contribution in [3.8, 4) is 0 Å². The zero-order valence-corrected chi connectivity index (χ0v) is 10.3. The van der Waals surface area contributed by atoms with Crippen molar-refractivity contribution in [3.63, 3.8) is 0 Å². The summed E-state index contributed by atoms with van der Waals surface area (Å²) >= 11 is 6.02. The molecule has 0 aliphatic carbocycles. The molecular weight excluding hydrogens is 214 g/mol. The first-order chi connectivity index (χ1) is 7.33. The quantitative estimate of drug-likeness (QED) is 0.538. The van der Waals surface area contributed by atoms with Crippen LogP contribution in [0.2, 0.25) is 0 Å². The molecule has 1 aliphatic rings. The molecule has 1 heterocycles. The highest BCUT2D eigenvalue weighted by Gasteiger charge is 2.13. The Bertz CT molecular complexity index is 152. The van der Waals surface area contributed by atoms with Crippen LogP contribution in [0.15, 0.2) is 0 Å². The van der Waals surface area contributed by atoms with Gasteiger partial charge in [0.05, 0.1) is 12.0 Å². The molecule has 90 valence electrons. The van der Waals surface area contributed by atoms with Gasteiger partial charge in [-0.2, -0.15) is 0 Å². The van der Waals surface area contributed by atoms with E-state index in [0.717, 1.165) is 38.6 Å². The Hall–Kier alpha value is 0.170. The molecule has 4 heteroatoms. The van der Waals surface area contributed by atoms with Crippen LogP contribution in [0.5, 0.6) is 0 Å². The lowest BCUT2D eigenvalue weighted by molar-refractivity contribution is 0.0663. The first kappa shape index (κ1) is 13.2. The Morgan fingerprint density at radius 3 is 2.87 bits per heavy atom. The van der Waals surface area contributed by atoms with Crippen molar-refractivity contribution < 1.29 is 9.47 Å². The third-order valence-corrected chi connectivity index (χ3v) is 3.10. The number of ether oxygens (including phenoxy) is 2. The Kier molecular flexibility index (Phi) is 7.36. The summed E-state index contributed by atoms with van der Waals surface area (Å²) in [6.07, 6.45) is 3.35. The summed E-state index contributed by atoms with van der Waals surface area (Å²) < 4.78 is 10.3. The number of rotatable bonds is 7. The van der Waals surface area contributed by atoms with Gasteiger partial charge in [-0.05, 0) is 38.3 Å². The molecule has 0 aromatic heterocycles. The Morgan fingerprint density at radius 1 is 1.47 bits per heavy atom. The zero-order valence-electron chi connectivity index (χ0n) is 9.51. The third kappa shape index (κ3) is 6.36. The van der Waals surface area contributed by atoms with E-state index in [9.17, 15) is 0 Å². The largest absolute Gasteiger partial charge is 0.383 e. The Labute approximate surface area is 97.5 Å². The smallest absolute Gasteiger partial charge is 0.0626 e. The van der Waals surface area contributed by atoms with Gasteiger partial charge in [0.1, 0.15) is 0 Å². The summed E-state index contributed by atoms with van der Waals surface area (Å²) in [5, 5.41) is 3.59. The second-order valence-electron chi connectivity index (χ2n) is 4.10. The van der Waals surface area contributed by atoms with Crippen molar-refractivity contribution in [2.24, 2.45) is 5.92 Å². The van der Waals surface area contributed by atoms with Gasteiger partial charge < -0.3 is 14.8 Å². The lowest BCUT2D eigenvalue weighted by Crippen LogP contribution is -2.29. The molecule has 3 nitrogen and oxygen atoms in total. The van der Waals surface area contributed by atoms with E-state index in [4.69, 9.17) is 21.1 Å². The van der Waals surface area contributed by atoms with Gasteiger partial charge in [0.2, 0.25) is 0 Å². The molecule has 1 unspecified atom stereocenters. The highest BCUT2D eigenvalue weighted by atomic mass is 35.5. The zero-order chi connectivity index (χ0) is 10.9. The van der Waals surface area contributed by atoms with E-state index in [2.05, 4.69) is 5.32 Å². The maximum absolute atomic E-state index is 6.02. The normalized spacial score (nSPS) is 20.4. The van der Waals surface area contributed by atoms with Crippen molar-refractivity contribution in [1.29, 1.82) is 0 Å². The molecule has 1 atom stereocenters. The van der Waals surface area contributed by atoms with E-state index in [1.807, 2.05) is 0 Å². The fourth-order valence-corrected chi connectivity index (χ4v) is 2.01. The number of methoxy groups -OCH3 is 1. The lowest BCUT2D eigenvalue weighted by Gasteiger charge is -2.22. The number of alkyl halides is 1. The van der Waals surface area contributed by atoms with Gasteiger partial charge in [0.15, 0.2) is 0 Å². The van der Waals surface area contributed by atoms with Gasteiger partial charge >= 0.3 is 0 Å². The molecule has 0 amide bonds. The average Bonchev–Trinajstić information content (AvgIpc) is 2.26. The number of hydrogen-bond acceptors (Lipinski definition) is 3. The molecule has 1 N–H and O–H groups in total. The number of hydrogen-bond donors (Lipinski definition) is 1. The summed E-state index contributed by atoms with van der Waals surface area (Å²) in [4.78, 5) is 0. The monoisotopic (exact) mass is 235 g/mol. The first-order valence-electron chi connectivity index (χ1n) is 5.74. The Morgan fingerprint density at radius 2 is 2.20 bits per heavy atom. The fraction of sp³-hybridized carbons (Fsp3) is 1.00. The fourth-order valence-electron chi connectivity index (χ4n) is 1.78. The van der Waals surface area contributed by atoms with Crippen molar-refractivity contribution in [3.05, 3.63) is 0 Å². The van der Waals surface area contributed by atoms with Crippen LogP contribution in [0.1, 0.15) is 19.3 Å². The van der Waals surface area contributed by atoms with E-state index in [1.54, 1.807) is 7.11 Å². The second-order valence-corrected chi connectivity index (χ2v) is 4.72. The van der Waals surface area contributed by atoms with Crippen molar-refractivity contribution in [1.82, 2.24) is 5.32 Å². The van der Waals surface area contributed by atoms with Gasteiger partial charge in [-0.1, -0.05) is 0 Å². The van der Waals surface area contributed by atoms with Crippen LogP contribution in [0, 0.1) is 5.92 Å². The minimum absolute atomic E-state index is 0.136. The summed E-state index contributed by atoms with van der Waals surface area (Å²) in [7, 11) is 1.69. The van der Waals surface area contributed by atoms with Crippen LogP contribution in [-0.4, -0.2) is 45.4 Å². The molecule has 0 spiro atoms. The van der Waals surface area contributed by atoms with Crippen molar-refractivity contribution >= 4 is 11.6 Å². The van der Waals surface area contributed by atoms with Crippen LogP contribution in [0.3, 0.4) is 0 Å². The maximum atomic E-state index is 6.02. The van der Waals surface area contributed by atoms with Gasteiger partial charge in [0, 0.05) is 20.3 Å². The molecule has 0 aromatic carbocycles. The standard InChI is InChI=1S/C11H22ClNO2/c1-14-9-11(12)2-5-13-8-10-3-6-15-7-4-10/h10-11,13H,2-9H2,1H3. The van der Waals surface area contributed by atoms with E-state index >= 15 is 0 Å². The second kappa shape index (κ2) is 8.34. The lowest BCUT2D eigenvalue weighted by atomic mass is 10.0. The van der Waals surface area contributed by atoms with Crippen LogP contribution in [0.4, 0.5) is 0 Å². The Balaban J connectivity index is 1.91. The topological polar surface area (TPSA) is 30.5 Å². The van der Waals surface area contributed by atoms with E-state index < -0.39 is 0 Å². The van der Waals surface area contributed by atoms with Crippen LogP contribution in [0.25, 0.3) is 0 Å². The summed E-state index contributed by atoms with van der Waals surface area (Å²) in [5.74, 6) is 0.787. The molecule has 1 saturated heterocycles. The van der Waals surface area contributed by atoms with Gasteiger partial charge in [-0.3, -0.25) is 0 Å². The molecule has 1 fully saturated rings. The average molecular weight is 236 g/mol. The predicted molar refractivity (Wildman–Crippen MR) is 62.5 cm³/mol. The van der Waals surface area contributed by atoms with Crippen LogP contribution >= 0.6 is 11.6 Å². The maximum Gasteiger partial charge on any atom is 0.0626 e. The third-order valence-electron chi connectivity index (χ3n) is 2.76. The molecule has 0 radical (unpaired) electrons. The van der Waals surface area contributed by atoms with E-state index in [1.165, 1.54) is 12.8 Å². The SMILES string of the molecule is COCC(Cl)CCNCC1CCOCC1. The number of halogens is 1. The van der Waals surface area contributed by atoms with Crippen LogP contribution < -0.4 is 5.32 Å². The van der Waals surface area contributed by atoms with E-state index in [-0.39, 0.29) is 5.38 Å². The number of nitrogens with one attached hydrogen (secondary N) is 1. The highest BCUT2D eigenvalue weighted by molar-refractivity contribution is 6.20. The summed E-state index contributed by atoms with van der Waals surface area (Å²) in [5.41, 5.74) is 0. The minimum atomic E-state index is 0.136. The first-order valence-corrected chi connectivity index (χ1v) is 6.18. The summed E-state index contributed by atoms with van der Waals surface area (Å²) in [6, 6.07) is 0. The molecular formula is C11H22ClNO2. The predicted octanol–water partition coefficient (Wildman–Crippen LogP) is 1.65. The van der Waals surface area contributed by atoms with Gasteiger partial charge in [-0.15, -0.1) is 11.6 Å². The van der Waals surface area contributed by atoms with Crippen molar-refractivity contribution in [2.75, 3.05) is 40.0 Å². The molecule has 1 rings (SSSR count). The van der Waals surface area contributed by atoms with Gasteiger partial charge in [-0.25, -0.2) is 0 Å². The highest BCUT2D eigenvalue weighted by Crippen LogP contribution is 2.13. The van der Waals surface area contributed by atoms with Crippen molar-refractivity contribution in [2.45, 2.75) is 24.6 Å². The summed E-state index contributed by atoms with van der Waals surface area (Å²) in [6.45, 7) is 4.57.